The number of nitrogens with zero attached hydrogens (tertiary/aromatic N) is 1. The first-order chi connectivity index (χ1) is 10.2. The van der Waals surface area contributed by atoms with Crippen molar-refractivity contribution < 1.29 is 12.8 Å². The Morgan fingerprint density at radius 1 is 1.19 bits per heavy atom. The van der Waals surface area contributed by atoms with E-state index in [0.29, 0.717) is 28.5 Å². The maximum Gasteiger partial charge on any atom is 0.257 e. The number of para-hydroxylation sites is 1. The van der Waals surface area contributed by atoms with Gasteiger partial charge in [-0.1, -0.05) is 18.2 Å². The van der Waals surface area contributed by atoms with Crippen LogP contribution in [0, 0.1) is 0 Å². The van der Waals surface area contributed by atoms with Crippen LogP contribution < -0.4 is 4.72 Å². The van der Waals surface area contributed by atoms with Crippen LogP contribution in [0.4, 0.5) is 5.69 Å². The third kappa shape index (κ3) is 3.00. The van der Waals surface area contributed by atoms with Gasteiger partial charge in [0.15, 0.2) is 0 Å². The van der Waals surface area contributed by atoms with Gasteiger partial charge in [-0.05, 0) is 37.8 Å². The van der Waals surface area contributed by atoms with Gasteiger partial charge in [-0.25, -0.2) is 13.4 Å². The number of nitrogens with one attached hydrogen (secondary N) is 1. The van der Waals surface area contributed by atoms with Crippen molar-refractivity contribution in [2.45, 2.75) is 25.7 Å². The Bertz CT molecular complexity index is 749. The van der Waals surface area contributed by atoms with E-state index in [4.69, 9.17) is 4.42 Å². The molecule has 1 aliphatic rings. The molecule has 21 heavy (non-hydrogen) atoms. The quantitative estimate of drug-likeness (QED) is 0.937. The average molecular weight is 304 g/mol. The summed E-state index contributed by atoms with van der Waals surface area (Å²) in [6, 6.07) is 7.08. The fourth-order valence-electron chi connectivity index (χ4n) is 2.38. The van der Waals surface area contributed by atoms with E-state index in [2.05, 4.69) is 9.71 Å². The van der Waals surface area contributed by atoms with Crippen LogP contribution in [0.1, 0.15) is 25.7 Å². The van der Waals surface area contributed by atoms with Gasteiger partial charge in [-0.2, -0.15) is 0 Å². The highest BCUT2D eigenvalue weighted by Crippen LogP contribution is 2.30. The molecular weight excluding hydrogens is 288 g/mol. The maximum absolute atomic E-state index is 12.4. The van der Waals surface area contributed by atoms with E-state index in [1.54, 1.807) is 24.3 Å². The Morgan fingerprint density at radius 3 is 2.76 bits per heavy atom. The molecule has 3 rings (SSSR count). The Morgan fingerprint density at radius 2 is 2.05 bits per heavy atom. The standard InChI is InChI=1S/C15H16N2O3S/c18-21(19,12-6-2-1-3-7-12)17-14-9-5-4-8-13(14)15-16-10-11-20-15/h4-6,8-11,17H,1-3,7H2. The number of anilines is 1. The molecule has 0 fully saturated rings. The van der Waals surface area contributed by atoms with Crippen LogP contribution in [0.2, 0.25) is 0 Å². The minimum atomic E-state index is -3.51. The number of benzene rings is 1. The largest absolute Gasteiger partial charge is 0.444 e. The first-order valence-corrected chi connectivity index (χ1v) is 8.36. The van der Waals surface area contributed by atoms with Crippen LogP contribution in [0.25, 0.3) is 11.5 Å². The average Bonchev–Trinajstić information content (AvgIpc) is 3.02. The van der Waals surface area contributed by atoms with Crippen LogP contribution >= 0.6 is 0 Å². The number of hydrogen-bond donors (Lipinski definition) is 1. The van der Waals surface area contributed by atoms with Crippen molar-refractivity contribution in [2.24, 2.45) is 0 Å². The van der Waals surface area contributed by atoms with Crippen LogP contribution in [0.5, 0.6) is 0 Å². The monoisotopic (exact) mass is 304 g/mol. The number of oxazole rings is 1. The predicted molar refractivity (Wildman–Crippen MR) is 81.0 cm³/mol. The summed E-state index contributed by atoms with van der Waals surface area (Å²) < 4.78 is 32.8. The molecule has 0 saturated heterocycles. The molecule has 5 nitrogen and oxygen atoms in total. The molecule has 0 unspecified atom stereocenters. The molecule has 0 radical (unpaired) electrons. The van der Waals surface area contributed by atoms with Gasteiger partial charge in [0.05, 0.1) is 22.4 Å². The molecule has 0 amide bonds. The van der Waals surface area contributed by atoms with E-state index in [1.807, 2.05) is 6.07 Å². The molecule has 1 aliphatic carbocycles. The van der Waals surface area contributed by atoms with Gasteiger partial charge in [0, 0.05) is 0 Å². The zero-order valence-electron chi connectivity index (χ0n) is 11.5. The van der Waals surface area contributed by atoms with Gasteiger partial charge in [-0.15, -0.1) is 0 Å². The van der Waals surface area contributed by atoms with Gasteiger partial charge in [0.25, 0.3) is 10.0 Å². The number of sulfonamides is 1. The summed E-state index contributed by atoms with van der Waals surface area (Å²) in [6.07, 6.45) is 8.17. The normalized spacial score (nSPS) is 15.5. The van der Waals surface area contributed by atoms with Crippen LogP contribution in [-0.4, -0.2) is 13.4 Å². The highest BCUT2D eigenvalue weighted by atomic mass is 32.2. The Balaban J connectivity index is 1.94. The molecule has 0 bridgehead atoms. The second-order valence-corrected chi connectivity index (χ2v) is 6.64. The molecule has 0 aliphatic heterocycles. The maximum atomic E-state index is 12.4. The number of aromatic nitrogens is 1. The predicted octanol–water partition coefficient (Wildman–Crippen LogP) is 3.54. The molecule has 0 atom stereocenters. The van der Waals surface area contributed by atoms with Crippen molar-refractivity contribution in [3.8, 4) is 11.5 Å². The van der Waals surface area contributed by atoms with Gasteiger partial charge in [0.1, 0.15) is 6.26 Å². The second-order valence-electron chi connectivity index (χ2n) is 4.90. The van der Waals surface area contributed by atoms with Gasteiger partial charge in [-0.3, -0.25) is 4.72 Å². The van der Waals surface area contributed by atoms with Crippen LogP contribution in [-0.2, 0) is 10.0 Å². The van der Waals surface area contributed by atoms with Crippen molar-refractivity contribution in [2.75, 3.05) is 4.72 Å². The van der Waals surface area contributed by atoms with E-state index >= 15 is 0 Å². The molecule has 1 heterocycles. The zero-order chi connectivity index (χ0) is 14.7. The van der Waals surface area contributed by atoms with E-state index in [0.717, 1.165) is 19.3 Å². The fourth-order valence-corrected chi connectivity index (χ4v) is 3.73. The third-order valence-electron chi connectivity index (χ3n) is 3.43. The van der Waals surface area contributed by atoms with E-state index in [-0.39, 0.29) is 0 Å². The number of allylic oxidation sites excluding steroid dienone is 2. The number of hydrogen-bond acceptors (Lipinski definition) is 4. The summed E-state index contributed by atoms with van der Waals surface area (Å²) in [7, 11) is -3.51. The smallest absolute Gasteiger partial charge is 0.257 e. The fraction of sp³-hybridized carbons (Fsp3) is 0.267. The van der Waals surface area contributed by atoms with Crippen molar-refractivity contribution >= 4 is 15.7 Å². The molecule has 0 saturated carbocycles. The molecule has 6 heteroatoms. The van der Waals surface area contributed by atoms with Gasteiger partial charge < -0.3 is 4.42 Å². The summed E-state index contributed by atoms with van der Waals surface area (Å²) in [4.78, 5) is 4.54. The topological polar surface area (TPSA) is 72.2 Å². The number of rotatable bonds is 4. The minimum Gasteiger partial charge on any atom is -0.444 e. The molecular formula is C15H16N2O3S. The lowest BCUT2D eigenvalue weighted by atomic mass is 10.1. The summed E-state index contributed by atoms with van der Waals surface area (Å²) in [6.45, 7) is 0. The second kappa shape index (κ2) is 5.73. The summed E-state index contributed by atoms with van der Waals surface area (Å²) >= 11 is 0. The highest BCUT2D eigenvalue weighted by molar-refractivity contribution is 7.96. The Labute approximate surface area is 123 Å². The lowest BCUT2D eigenvalue weighted by Crippen LogP contribution is -2.17. The SMILES string of the molecule is O=S(=O)(Nc1ccccc1-c1ncco1)C1=CCCCC1. The molecule has 2 aromatic rings. The first-order valence-electron chi connectivity index (χ1n) is 6.87. The molecule has 0 spiro atoms. The van der Waals surface area contributed by atoms with Gasteiger partial charge in [0.2, 0.25) is 5.89 Å². The minimum absolute atomic E-state index is 0.394. The third-order valence-corrected chi connectivity index (χ3v) is 4.98. The van der Waals surface area contributed by atoms with Crippen molar-refractivity contribution in [1.29, 1.82) is 0 Å². The molecule has 1 aromatic carbocycles. The Kier molecular flexibility index (Phi) is 3.79. The summed E-state index contributed by atoms with van der Waals surface area (Å²) in [5.74, 6) is 0.394. The van der Waals surface area contributed by atoms with Crippen molar-refractivity contribution in [3.63, 3.8) is 0 Å². The van der Waals surface area contributed by atoms with Crippen molar-refractivity contribution in [1.82, 2.24) is 4.98 Å². The zero-order valence-corrected chi connectivity index (χ0v) is 12.3. The molecule has 110 valence electrons. The van der Waals surface area contributed by atoms with Crippen LogP contribution in [0.15, 0.2) is 52.1 Å². The lowest BCUT2D eigenvalue weighted by molar-refractivity contribution is 0.575. The highest BCUT2D eigenvalue weighted by Gasteiger charge is 2.21. The molecule has 1 aromatic heterocycles. The summed E-state index contributed by atoms with van der Waals surface area (Å²) in [5, 5.41) is 0. The Hall–Kier alpha value is -2.08. The van der Waals surface area contributed by atoms with E-state index in [9.17, 15) is 8.42 Å². The van der Waals surface area contributed by atoms with E-state index < -0.39 is 10.0 Å². The first kappa shape index (κ1) is 13.9. The van der Waals surface area contributed by atoms with Crippen LogP contribution in [0.3, 0.4) is 0 Å². The van der Waals surface area contributed by atoms with Crippen molar-refractivity contribution in [3.05, 3.63) is 47.7 Å². The lowest BCUT2D eigenvalue weighted by Gasteiger charge is -2.16. The molecule has 1 N–H and O–H groups in total. The van der Waals surface area contributed by atoms with E-state index in [1.165, 1.54) is 12.5 Å². The summed E-state index contributed by atoms with van der Waals surface area (Å²) in [5.41, 5.74) is 1.11. The van der Waals surface area contributed by atoms with Gasteiger partial charge >= 0.3 is 0 Å².